The van der Waals surface area contributed by atoms with Crippen LogP contribution >= 0.6 is 6.64 Å². The van der Waals surface area contributed by atoms with Gasteiger partial charge in [0.1, 0.15) is 30.7 Å². The van der Waals surface area contributed by atoms with Crippen molar-refractivity contribution in [2.24, 2.45) is 0 Å². The number of hydrogen-bond acceptors (Lipinski definition) is 9. The van der Waals surface area contributed by atoms with Gasteiger partial charge in [-0.25, -0.2) is 14.3 Å². The average Bonchev–Trinajstić information content (AvgIpc) is 2.84. The van der Waals surface area contributed by atoms with Crippen LogP contribution in [0.2, 0.25) is 0 Å². The molecule has 2 aromatic rings. The van der Waals surface area contributed by atoms with Gasteiger partial charge in [-0.1, -0.05) is 24.1 Å². The van der Waals surface area contributed by atoms with Crippen molar-refractivity contribution < 1.29 is 32.8 Å². The minimum atomic E-state index is -3.53. The van der Waals surface area contributed by atoms with Gasteiger partial charge in [0.15, 0.2) is 6.23 Å². The van der Waals surface area contributed by atoms with Crippen LogP contribution in [0.15, 0.2) is 52.2 Å². The normalized spacial score (nSPS) is 16.1. The Kier molecular flexibility index (Phi) is 11.6. The second kappa shape index (κ2) is 14.2. The molecular formula is C23H29FN3O8PS. The molecule has 4 unspecified atom stereocenters. The van der Waals surface area contributed by atoms with Crippen LogP contribution in [0.3, 0.4) is 0 Å². The number of nitrogens with zero attached hydrogens (tertiary/aromatic N) is 1. The molecule has 0 aliphatic carbocycles. The Labute approximate surface area is 218 Å². The highest BCUT2D eigenvalue weighted by atomic mass is 32.5. The molecule has 1 aromatic carbocycles. The number of esters is 1. The SMILES string of the molecule is C#C[C@H](O)C(COP(=S)(NC(C)C(=O)OC(C)C)Oc1ccccc1)OC(CF)n1ccc(=O)[nH]c1=O. The quantitative estimate of drug-likeness (QED) is 0.178. The Morgan fingerprint density at radius 2 is 1.95 bits per heavy atom. The van der Waals surface area contributed by atoms with Gasteiger partial charge in [0, 0.05) is 12.3 Å². The first-order valence-electron chi connectivity index (χ1n) is 11.1. The lowest BCUT2D eigenvalue weighted by Gasteiger charge is -2.30. The van der Waals surface area contributed by atoms with Gasteiger partial charge in [-0.05, 0) is 44.7 Å². The van der Waals surface area contributed by atoms with E-state index in [-0.39, 0.29) is 6.10 Å². The number of aromatic amines is 1. The summed E-state index contributed by atoms with van der Waals surface area (Å²) in [5, 5.41) is 13.1. The van der Waals surface area contributed by atoms with E-state index in [9.17, 15) is 23.9 Å². The van der Waals surface area contributed by atoms with Crippen molar-refractivity contribution >= 4 is 24.4 Å². The highest BCUT2D eigenvalue weighted by molar-refractivity contribution is 8.09. The van der Waals surface area contributed by atoms with Gasteiger partial charge in [-0.2, -0.15) is 0 Å². The summed E-state index contributed by atoms with van der Waals surface area (Å²) in [4.78, 5) is 37.8. The van der Waals surface area contributed by atoms with Crippen molar-refractivity contribution in [3.8, 4) is 18.1 Å². The highest BCUT2D eigenvalue weighted by Crippen LogP contribution is 2.45. The molecule has 0 aliphatic rings. The lowest BCUT2D eigenvalue weighted by molar-refractivity contribution is -0.149. The third-order valence-electron chi connectivity index (χ3n) is 4.58. The fraction of sp³-hybridized carbons (Fsp3) is 0.435. The number of aromatic nitrogens is 2. The molecule has 202 valence electrons. The number of terminal acetylenes is 1. The zero-order chi connectivity index (χ0) is 27.6. The maximum absolute atomic E-state index is 13.8. The number of carbonyl (C=O) groups is 1. The van der Waals surface area contributed by atoms with Crippen molar-refractivity contribution in [1.82, 2.24) is 14.6 Å². The molecule has 1 heterocycles. The molecule has 0 fully saturated rings. The molecule has 0 spiro atoms. The van der Waals surface area contributed by atoms with E-state index in [4.69, 9.17) is 36.8 Å². The molecule has 14 heteroatoms. The summed E-state index contributed by atoms with van der Waals surface area (Å²) in [6, 6.07) is 8.47. The minimum absolute atomic E-state index is 0.333. The number of rotatable bonds is 14. The Hall–Kier alpha value is -2.85. The zero-order valence-corrected chi connectivity index (χ0v) is 22.1. The van der Waals surface area contributed by atoms with Crippen LogP contribution in [0.5, 0.6) is 5.75 Å². The molecule has 0 amide bonds. The van der Waals surface area contributed by atoms with Crippen molar-refractivity contribution in [2.75, 3.05) is 13.3 Å². The van der Waals surface area contributed by atoms with E-state index in [2.05, 4.69) is 11.0 Å². The number of H-pyrrole nitrogens is 1. The second-order valence-corrected chi connectivity index (χ2v) is 11.1. The van der Waals surface area contributed by atoms with Crippen molar-refractivity contribution in [3.05, 3.63) is 63.4 Å². The standard InChI is InChI=1S/C23H29FN3O8PS/c1-5-18(28)19(34-21(13-24)27-12-11-20(29)25-23(27)31)14-32-36(37,35-17-9-7-6-8-10-17)26-16(4)22(30)33-15(2)3/h1,6-12,15-16,18-19,21,28H,13-14H2,2-4H3,(H,26,37)(H,25,29,31)/t16?,18-,19?,21?,36?/m0/s1. The number of aliphatic hydroxyl groups excluding tert-OH is 1. The Balaban J connectivity index is 2.28. The summed E-state index contributed by atoms with van der Waals surface area (Å²) < 4.78 is 37.0. The molecule has 1 aromatic heterocycles. The predicted molar refractivity (Wildman–Crippen MR) is 137 cm³/mol. The first kappa shape index (κ1) is 30.4. The first-order valence-corrected chi connectivity index (χ1v) is 13.8. The van der Waals surface area contributed by atoms with Gasteiger partial charge in [-0.15, -0.1) is 6.42 Å². The van der Waals surface area contributed by atoms with Crippen LogP contribution in [-0.4, -0.2) is 58.3 Å². The maximum atomic E-state index is 13.8. The number of aliphatic hydroxyl groups is 1. The molecule has 0 aliphatic heterocycles. The van der Waals surface area contributed by atoms with Gasteiger partial charge in [-0.3, -0.25) is 19.1 Å². The van der Waals surface area contributed by atoms with Crippen LogP contribution in [0.25, 0.3) is 0 Å². The summed E-state index contributed by atoms with van der Waals surface area (Å²) in [6.07, 6.45) is 1.47. The second-order valence-electron chi connectivity index (χ2n) is 7.95. The molecule has 0 saturated carbocycles. The molecule has 2 rings (SSSR count). The van der Waals surface area contributed by atoms with E-state index >= 15 is 0 Å². The number of ether oxygens (including phenoxy) is 2. The lowest BCUT2D eigenvalue weighted by Crippen LogP contribution is -2.41. The third-order valence-corrected chi connectivity index (χ3v) is 7.08. The van der Waals surface area contributed by atoms with Crippen molar-refractivity contribution in [3.63, 3.8) is 0 Å². The zero-order valence-electron chi connectivity index (χ0n) is 20.4. The third kappa shape index (κ3) is 9.51. The number of nitrogens with one attached hydrogen (secondary N) is 2. The molecule has 0 radical (unpaired) electrons. The smallest absolute Gasteiger partial charge is 0.330 e. The number of benzene rings is 1. The first-order chi connectivity index (χ1) is 17.5. The minimum Gasteiger partial charge on any atom is -0.462 e. The van der Waals surface area contributed by atoms with Gasteiger partial charge in [0.05, 0.1) is 12.7 Å². The molecule has 0 saturated heterocycles. The van der Waals surface area contributed by atoms with Gasteiger partial charge in [0.25, 0.3) is 5.56 Å². The summed E-state index contributed by atoms with van der Waals surface area (Å²) in [5.41, 5.74) is -1.61. The van der Waals surface area contributed by atoms with E-state index in [1.54, 1.807) is 44.2 Å². The summed E-state index contributed by atoms with van der Waals surface area (Å²) in [5.74, 6) is 1.79. The highest BCUT2D eigenvalue weighted by Gasteiger charge is 2.32. The van der Waals surface area contributed by atoms with Gasteiger partial charge >= 0.3 is 18.3 Å². The summed E-state index contributed by atoms with van der Waals surface area (Å²) in [7, 11) is 0. The Bertz CT molecular complexity index is 1230. The molecule has 0 bridgehead atoms. The molecule has 11 nitrogen and oxygen atoms in total. The number of halogens is 1. The maximum Gasteiger partial charge on any atom is 0.330 e. The summed E-state index contributed by atoms with van der Waals surface area (Å²) in [6.45, 7) is -0.350. The monoisotopic (exact) mass is 557 g/mol. The Morgan fingerprint density at radius 1 is 1.27 bits per heavy atom. The number of alkyl halides is 1. The largest absolute Gasteiger partial charge is 0.462 e. The predicted octanol–water partition coefficient (Wildman–Crippen LogP) is 1.63. The van der Waals surface area contributed by atoms with Crippen molar-refractivity contribution in [1.29, 1.82) is 0 Å². The number of carbonyl (C=O) groups excluding carboxylic acids is 1. The molecule has 3 N–H and O–H groups in total. The van der Waals surface area contributed by atoms with Crippen LogP contribution in [-0.2, 0) is 30.6 Å². The Morgan fingerprint density at radius 3 is 2.51 bits per heavy atom. The van der Waals surface area contributed by atoms with Gasteiger partial charge in [0.2, 0.25) is 0 Å². The van der Waals surface area contributed by atoms with Crippen LogP contribution in [0, 0.1) is 12.3 Å². The fourth-order valence-electron chi connectivity index (χ4n) is 2.85. The van der Waals surface area contributed by atoms with Crippen LogP contribution in [0.1, 0.15) is 27.0 Å². The lowest BCUT2D eigenvalue weighted by atomic mass is 10.2. The average molecular weight is 558 g/mol. The van der Waals surface area contributed by atoms with E-state index < -0.39 is 61.6 Å². The van der Waals surface area contributed by atoms with Crippen LogP contribution in [0.4, 0.5) is 4.39 Å². The molecule has 5 atom stereocenters. The van der Waals surface area contributed by atoms with Crippen molar-refractivity contribution in [2.45, 2.75) is 51.4 Å². The van der Waals surface area contributed by atoms with E-state index in [1.807, 2.05) is 4.98 Å². The topological polar surface area (TPSA) is 141 Å². The summed E-state index contributed by atoms with van der Waals surface area (Å²) >= 11 is 5.59. The van der Waals surface area contributed by atoms with Gasteiger partial charge < -0.3 is 23.6 Å². The van der Waals surface area contributed by atoms with E-state index in [0.717, 1.165) is 16.8 Å². The molecular weight excluding hydrogens is 528 g/mol. The van der Waals surface area contributed by atoms with E-state index in [0.29, 0.717) is 5.75 Å². The number of para-hydroxylation sites is 1. The number of hydrogen-bond donors (Lipinski definition) is 3. The van der Waals surface area contributed by atoms with E-state index in [1.165, 1.54) is 6.92 Å². The fourth-order valence-corrected chi connectivity index (χ4v) is 5.27. The van der Waals surface area contributed by atoms with Crippen LogP contribution < -0.4 is 20.9 Å². The molecule has 37 heavy (non-hydrogen) atoms.